The maximum Gasteiger partial charge on any atom is 0.246 e. The molecule has 0 aromatic carbocycles. The van der Waals surface area contributed by atoms with Crippen molar-refractivity contribution >= 4 is 29.0 Å². The Kier molecular flexibility index (Phi) is 4.47. The van der Waals surface area contributed by atoms with E-state index >= 15 is 0 Å². The number of nitrogens with zero attached hydrogens (tertiary/aromatic N) is 5. The summed E-state index contributed by atoms with van der Waals surface area (Å²) in [6, 6.07) is 2.11. The van der Waals surface area contributed by atoms with Crippen LogP contribution in [-0.4, -0.2) is 46.4 Å². The lowest BCUT2D eigenvalue weighted by molar-refractivity contribution is -0.117. The van der Waals surface area contributed by atoms with E-state index in [0.717, 1.165) is 24.3 Å². The number of nitrogens with one attached hydrogen (secondary N) is 1. The average molecular weight is 366 g/mol. The number of pyridine rings is 1. The number of likely N-dealkylation sites (N-methyl/N-ethyl adjacent to an activating group) is 1. The molecule has 1 N–H and O–H groups in total. The number of rotatable bonds is 3. The van der Waals surface area contributed by atoms with E-state index in [1.165, 1.54) is 19.8 Å². The summed E-state index contributed by atoms with van der Waals surface area (Å²) in [5, 5.41) is 2.77. The van der Waals surface area contributed by atoms with Crippen LogP contribution in [-0.2, 0) is 9.59 Å². The van der Waals surface area contributed by atoms with E-state index in [-0.39, 0.29) is 11.8 Å². The fourth-order valence-electron chi connectivity index (χ4n) is 3.80. The molecular weight excluding hydrogens is 344 g/mol. The molecule has 4 rings (SSSR count). The highest BCUT2D eigenvalue weighted by molar-refractivity contribution is 6.02. The standard InChI is InChI=1S/C19H22N6O2/c1-12(26)22-15-9-20-8-7-14(15)18-21-10-16-19(23-18)25(11-17(27)24(16)2)13-5-3-4-6-13/h7-10,13H,3-6,11H2,1-2H3,(H,22,26). The molecule has 2 aromatic rings. The van der Waals surface area contributed by atoms with Gasteiger partial charge in [-0.1, -0.05) is 12.8 Å². The minimum atomic E-state index is -0.180. The van der Waals surface area contributed by atoms with Gasteiger partial charge in [-0.05, 0) is 18.9 Å². The number of aromatic nitrogens is 3. The molecule has 1 aliphatic carbocycles. The van der Waals surface area contributed by atoms with Gasteiger partial charge in [-0.2, -0.15) is 0 Å². The summed E-state index contributed by atoms with van der Waals surface area (Å²) in [5.74, 6) is 1.15. The van der Waals surface area contributed by atoms with Crippen LogP contribution < -0.4 is 15.1 Å². The van der Waals surface area contributed by atoms with Gasteiger partial charge < -0.3 is 15.1 Å². The molecule has 0 spiro atoms. The zero-order valence-corrected chi connectivity index (χ0v) is 15.5. The van der Waals surface area contributed by atoms with Crippen molar-refractivity contribution in [3.05, 3.63) is 24.7 Å². The highest BCUT2D eigenvalue weighted by atomic mass is 16.2. The van der Waals surface area contributed by atoms with Crippen LogP contribution in [0.5, 0.6) is 0 Å². The summed E-state index contributed by atoms with van der Waals surface area (Å²) in [5.41, 5.74) is 1.99. The van der Waals surface area contributed by atoms with Gasteiger partial charge in [0.15, 0.2) is 11.6 Å². The molecule has 2 aliphatic rings. The topological polar surface area (TPSA) is 91.3 Å². The van der Waals surface area contributed by atoms with Crippen LogP contribution in [0, 0.1) is 0 Å². The van der Waals surface area contributed by atoms with Crippen molar-refractivity contribution in [2.24, 2.45) is 0 Å². The van der Waals surface area contributed by atoms with Crippen molar-refractivity contribution in [2.45, 2.75) is 38.6 Å². The van der Waals surface area contributed by atoms with Crippen LogP contribution in [0.1, 0.15) is 32.6 Å². The molecule has 2 amide bonds. The SMILES string of the molecule is CC(=O)Nc1cnccc1-c1ncc2c(n1)N(C1CCCC1)CC(=O)N2C. The third-order valence-corrected chi connectivity index (χ3v) is 5.20. The Bertz CT molecular complexity index is 894. The van der Waals surface area contributed by atoms with Gasteiger partial charge in [-0.3, -0.25) is 14.6 Å². The quantitative estimate of drug-likeness (QED) is 0.896. The van der Waals surface area contributed by atoms with E-state index in [1.807, 2.05) is 0 Å². The molecule has 1 fully saturated rings. The van der Waals surface area contributed by atoms with Crippen LogP contribution in [0.3, 0.4) is 0 Å². The first-order chi connectivity index (χ1) is 13.0. The first-order valence-electron chi connectivity index (χ1n) is 9.17. The number of fused-ring (bicyclic) bond motifs is 1. The van der Waals surface area contributed by atoms with Gasteiger partial charge in [-0.25, -0.2) is 9.97 Å². The summed E-state index contributed by atoms with van der Waals surface area (Å²) in [6.45, 7) is 1.78. The zero-order valence-electron chi connectivity index (χ0n) is 15.5. The first-order valence-corrected chi connectivity index (χ1v) is 9.17. The van der Waals surface area contributed by atoms with Gasteiger partial charge in [0, 0.05) is 31.8 Å². The molecule has 8 heteroatoms. The van der Waals surface area contributed by atoms with Gasteiger partial charge in [0.1, 0.15) is 5.69 Å². The van der Waals surface area contributed by atoms with Crippen molar-refractivity contribution in [1.29, 1.82) is 0 Å². The van der Waals surface area contributed by atoms with Crippen molar-refractivity contribution in [2.75, 3.05) is 28.7 Å². The molecule has 0 radical (unpaired) electrons. The molecule has 8 nitrogen and oxygen atoms in total. The van der Waals surface area contributed by atoms with E-state index < -0.39 is 0 Å². The number of amides is 2. The Hall–Kier alpha value is -3.03. The smallest absolute Gasteiger partial charge is 0.246 e. The van der Waals surface area contributed by atoms with Crippen molar-refractivity contribution < 1.29 is 9.59 Å². The molecule has 0 unspecified atom stereocenters. The van der Waals surface area contributed by atoms with E-state index in [9.17, 15) is 9.59 Å². The lowest BCUT2D eigenvalue weighted by Crippen LogP contribution is -2.48. The van der Waals surface area contributed by atoms with Gasteiger partial charge in [0.25, 0.3) is 0 Å². The van der Waals surface area contributed by atoms with E-state index in [1.54, 1.807) is 36.6 Å². The molecule has 0 saturated heterocycles. The fourth-order valence-corrected chi connectivity index (χ4v) is 3.80. The highest BCUT2D eigenvalue weighted by Gasteiger charge is 2.34. The molecule has 1 saturated carbocycles. The lowest BCUT2D eigenvalue weighted by Gasteiger charge is -2.37. The molecule has 140 valence electrons. The fraction of sp³-hybridized carbons (Fsp3) is 0.421. The second-order valence-electron chi connectivity index (χ2n) is 7.02. The number of carbonyl (C=O) groups is 2. The molecule has 0 atom stereocenters. The predicted molar refractivity (Wildman–Crippen MR) is 103 cm³/mol. The second-order valence-corrected chi connectivity index (χ2v) is 7.02. The van der Waals surface area contributed by atoms with Gasteiger partial charge in [0.05, 0.1) is 24.6 Å². The van der Waals surface area contributed by atoms with Gasteiger partial charge in [-0.15, -0.1) is 0 Å². The van der Waals surface area contributed by atoms with Crippen molar-refractivity contribution in [1.82, 2.24) is 15.0 Å². The lowest BCUT2D eigenvalue weighted by atomic mass is 10.1. The molecular formula is C19H22N6O2. The van der Waals surface area contributed by atoms with Crippen LogP contribution in [0.15, 0.2) is 24.7 Å². The molecule has 0 bridgehead atoms. The van der Waals surface area contributed by atoms with Crippen LogP contribution >= 0.6 is 0 Å². The van der Waals surface area contributed by atoms with Crippen molar-refractivity contribution in [3.8, 4) is 11.4 Å². The second kappa shape index (κ2) is 6.94. The maximum atomic E-state index is 12.4. The number of anilines is 3. The summed E-state index contributed by atoms with van der Waals surface area (Å²) in [6.07, 6.45) is 9.42. The summed E-state index contributed by atoms with van der Waals surface area (Å²) < 4.78 is 0. The van der Waals surface area contributed by atoms with E-state index in [4.69, 9.17) is 4.98 Å². The normalized spacial score (nSPS) is 17.2. The predicted octanol–water partition coefficient (Wildman–Crippen LogP) is 2.22. The number of carbonyl (C=O) groups excluding carboxylic acids is 2. The van der Waals surface area contributed by atoms with Crippen LogP contribution in [0.2, 0.25) is 0 Å². The monoisotopic (exact) mass is 366 g/mol. The van der Waals surface area contributed by atoms with E-state index in [2.05, 4.69) is 20.2 Å². The summed E-state index contributed by atoms with van der Waals surface area (Å²) >= 11 is 0. The molecule has 3 heterocycles. The summed E-state index contributed by atoms with van der Waals surface area (Å²) in [7, 11) is 1.76. The summed E-state index contributed by atoms with van der Waals surface area (Å²) in [4.78, 5) is 41.0. The molecule has 2 aromatic heterocycles. The van der Waals surface area contributed by atoms with Gasteiger partial charge in [0.2, 0.25) is 11.8 Å². The Morgan fingerprint density at radius 3 is 2.78 bits per heavy atom. The number of hydrogen-bond donors (Lipinski definition) is 1. The molecule has 1 aliphatic heterocycles. The first kappa shape index (κ1) is 17.4. The third-order valence-electron chi connectivity index (χ3n) is 5.20. The Morgan fingerprint density at radius 2 is 2.04 bits per heavy atom. The minimum absolute atomic E-state index is 0.0496. The third kappa shape index (κ3) is 3.22. The zero-order chi connectivity index (χ0) is 19.0. The Morgan fingerprint density at radius 1 is 1.26 bits per heavy atom. The number of hydrogen-bond acceptors (Lipinski definition) is 6. The Balaban J connectivity index is 1.79. The highest BCUT2D eigenvalue weighted by Crippen LogP contribution is 2.37. The van der Waals surface area contributed by atoms with Crippen LogP contribution in [0.4, 0.5) is 17.2 Å². The van der Waals surface area contributed by atoms with Crippen molar-refractivity contribution in [3.63, 3.8) is 0 Å². The van der Waals surface area contributed by atoms with Crippen LogP contribution in [0.25, 0.3) is 11.4 Å². The Labute approximate surface area is 157 Å². The minimum Gasteiger partial charge on any atom is -0.342 e. The van der Waals surface area contributed by atoms with E-state index in [0.29, 0.717) is 29.7 Å². The molecule has 27 heavy (non-hydrogen) atoms. The average Bonchev–Trinajstić information content (AvgIpc) is 3.19. The maximum absolute atomic E-state index is 12.4. The largest absolute Gasteiger partial charge is 0.342 e. The van der Waals surface area contributed by atoms with Gasteiger partial charge >= 0.3 is 0 Å².